The molecule has 7 N–H and O–H groups in total. The molecule has 1 aliphatic rings. The standard InChI is InChI=1S/C13H17N5O5/c1-13(22)8(20)6(3-19)23-12(13)18-4-17-9(14)7-5(10(15)21)2-16-11(7)18/h2,4,6,8,12,14,16,19-20,22H,3H2,1H3,(H2,15,21)/t6-,8-,12-,13-/m1/s1. The molecule has 1 amide bonds. The number of aromatic nitrogens is 3. The summed E-state index contributed by atoms with van der Waals surface area (Å²) in [4.78, 5) is 18.2. The fourth-order valence-corrected chi connectivity index (χ4v) is 2.86. The van der Waals surface area contributed by atoms with Crippen LogP contribution in [-0.4, -0.2) is 60.2 Å². The van der Waals surface area contributed by atoms with E-state index in [0.717, 1.165) is 0 Å². The van der Waals surface area contributed by atoms with Gasteiger partial charge < -0.3 is 30.8 Å². The van der Waals surface area contributed by atoms with E-state index in [0.29, 0.717) is 0 Å². The number of primary amides is 1. The average molecular weight is 323 g/mol. The number of hydrogen-bond donors (Lipinski definition) is 6. The van der Waals surface area contributed by atoms with Gasteiger partial charge in [-0.25, -0.2) is 4.98 Å². The lowest BCUT2D eigenvalue weighted by Gasteiger charge is -2.28. The van der Waals surface area contributed by atoms with Crippen LogP contribution in [0.15, 0.2) is 12.5 Å². The molecule has 2 aromatic heterocycles. The molecule has 0 unspecified atom stereocenters. The summed E-state index contributed by atoms with van der Waals surface area (Å²) < 4.78 is 6.88. The molecule has 0 spiro atoms. The van der Waals surface area contributed by atoms with Crippen molar-refractivity contribution in [3.8, 4) is 0 Å². The molecule has 23 heavy (non-hydrogen) atoms. The van der Waals surface area contributed by atoms with Crippen molar-refractivity contribution in [3.63, 3.8) is 0 Å². The average Bonchev–Trinajstić information content (AvgIpc) is 3.03. The number of H-pyrrole nitrogens is 1. The molecule has 0 aliphatic carbocycles. The minimum atomic E-state index is -1.71. The monoisotopic (exact) mass is 323 g/mol. The second-order valence-corrected chi connectivity index (χ2v) is 5.67. The Bertz CT molecular complexity index is 826. The van der Waals surface area contributed by atoms with E-state index in [-0.39, 0.29) is 22.1 Å². The molecule has 3 heterocycles. The summed E-state index contributed by atoms with van der Waals surface area (Å²) >= 11 is 0. The van der Waals surface area contributed by atoms with Crippen LogP contribution in [0.2, 0.25) is 0 Å². The highest BCUT2D eigenvalue weighted by Crippen LogP contribution is 2.38. The second-order valence-electron chi connectivity index (χ2n) is 5.67. The van der Waals surface area contributed by atoms with E-state index >= 15 is 0 Å². The van der Waals surface area contributed by atoms with Crippen molar-refractivity contribution in [2.75, 3.05) is 6.61 Å². The first kappa shape index (κ1) is 15.6. The maximum Gasteiger partial charge on any atom is 0.251 e. The third-order valence-electron chi connectivity index (χ3n) is 4.12. The number of aromatic amines is 1. The van der Waals surface area contributed by atoms with Gasteiger partial charge in [-0.3, -0.25) is 14.8 Å². The number of nitrogens with one attached hydrogen (secondary N) is 2. The van der Waals surface area contributed by atoms with E-state index in [2.05, 4.69) is 9.97 Å². The first-order valence-corrected chi connectivity index (χ1v) is 6.88. The quantitative estimate of drug-likeness (QED) is 0.379. The van der Waals surface area contributed by atoms with E-state index < -0.39 is 36.6 Å². The van der Waals surface area contributed by atoms with Crippen molar-refractivity contribution in [3.05, 3.63) is 23.6 Å². The zero-order valence-corrected chi connectivity index (χ0v) is 12.2. The summed E-state index contributed by atoms with van der Waals surface area (Å²) in [5.41, 5.74) is 3.78. The highest BCUT2D eigenvalue weighted by atomic mass is 16.6. The highest BCUT2D eigenvalue weighted by Gasteiger charge is 2.53. The van der Waals surface area contributed by atoms with E-state index in [4.69, 9.17) is 15.9 Å². The van der Waals surface area contributed by atoms with Crippen molar-refractivity contribution in [2.45, 2.75) is 31.0 Å². The maximum atomic E-state index is 11.5. The Hall–Kier alpha value is -2.27. The predicted octanol–water partition coefficient (Wildman–Crippen LogP) is -2.06. The van der Waals surface area contributed by atoms with E-state index in [9.17, 15) is 20.1 Å². The number of carbonyl (C=O) groups excluding carboxylic acids is 1. The topological polar surface area (TPSA) is 170 Å². The Labute approximate surface area is 129 Å². The molecular formula is C13H17N5O5. The molecule has 124 valence electrons. The Balaban J connectivity index is 2.20. The molecule has 2 aromatic rings. The van der Waals surface area contributed by atoms with Gasteiger partial charge in [-0.05, 0) is 6.92 Å². The van der Waals surface area contributed by atoms with Gasteiger partial charge in [-0.1, -0.05) is 0 Å². The summed E-state index contributed by atoms with van der Waals surface area (Å²) in [6.07, 6.45) is -0.783. The van der Waals surface area contributed by atoms with Gasteiger partial charge in [-0.2, -0.15) is 0 Å². The van der Waals surface area contributed by atoms with Crippen LogP contribution in [0.1, 0.15) is 23.5 Å². The van der Waals surface area contributed by atoms with Crippen LogP contribution in [0.3, 0.4) is 0 Å². The summed E-state index contributed by atoms with van der Waals surface area (Å²) in [6, 6.07) is 0. The predicted molar refractivity (Wildman–Crippen MR) is 76.1 cm³/mol. The molecule has 3 rings (SSSR count). The molecule has 0 bridgehead atoms. The normalized spacial score (nSPS) is 30.9. The Kier molecular flexibility index (Phi) is 3.48. The summed E-state index contributed by atoms with van der Waals surface area (Å²) in [7, 11) is 0. The van der Waals surface area contributed by atoms with Crippen LogP contribution >= 0.6 is 0 Å². The zero-order chi connectivity index (χ0) is 16.9. The molecule has 1 saturated heterocycles. The first-order chi connectivity index (χ1) is 10.8. The molecule has 10 nitrogen and oxygen atoms in total. The molecule has 0 radical (unpaired) electrons. The van der Waals surface area contributed by atoms with Gasteiger partial charge in [0.05, 0.1) is 17.6 Å². The van der Waals surface area contributed by atoms with Gasteiger partial charge in [0, 0.05) is 6.20 Å². The van der Waals surface area contributed by atoms with Crippen LogP contribution in [0.4, 0.5) is 0 Å². The molecule has 0 saturated carbocycles. The van der Waals surface area contributed by atoms with Crippen molar-refractivity contribution >= 4 is 16.9 Å². The molecule has 1 fully saturated rings. The van der Waals surface area contributed by atoms with Crippen molar-refractivity contribution < 1.29 is 24.9 Å². The number of aliphatic hydroxyl groups excluding tert-OH is 2. The van der Waals surface area contributed by atoms with Gasteiger partial charge in [0.25, 0.3) is 5.91 Å². The van der Waals surface area contributed by atoms with Gasteiger partial charge in [0.1, 0.15) is 29.8 Å². The Morgan fingerprint density at radius 1 is 1.65 bits per heavy atom. The Morgan fingerprint density at radius 2 is 2.35 bits per heavy atom. The van der Waals surface area contributed by atoms with Gasteiger partial charge in [0.15, 0.2) is 11.7 Å². The zero-order valence-electron chi connectivity index (χ0n) is 12.2. The molecule has 1 aliphatic heterocycles. The van der Waals surface area contributed by atoms with E-state index in [1.807, 2.05) is 0 Å². The van der Waals surface area contributed by atoms with Gasteiger partial charge in [0.2, 0.25) is 0 Å². The van der Waals surface area contributed by atoms with E-state index in [1.165, 1.54) is 24.0 Å². The molecular weight excluding hydrogens is 306 g/mol. The second kappa shape index (κ2) is 5.13. The largest absolute Gasteiger partial charge is 0.394 e. The number of carbonyl (C=O) groups is 1. The molecule has 4 atom stereocenters. The fourth-order valence-electron chi connectivity index (χ4n) is 2.86. The van der Waals surface area contributed by atoms with Crippen molar-refractivity contribution in [1.82, 2.24) is 14.5 Å². The number of nitrogens with zero attached hydrogens (tertiary/aromatic N) is 2. The number of rotatable bonds is 3. The van der Waals surface area contributed by atoms with Crippen LogP contribution in [0, 0.1) is 5.41 Å². The number of nitrogens with two attached hydrogens (primary N) is 1. The van der Waals surface area contributed by atoms with Crippen LogP contribution < -0.4 is 11.2 Å². The molecule has 10 heteroatoms. The van der Waals surface area contributed by atoms with Crippen LogP contribution in [0.25, 0.3) is 11.0 Å². The lowest BCUT2D eigenvalue weighted by atomic mass is 9.96. The van der Waals surface area contributed by atoms with E-state index in [1.54, 1.807) is 0 Å². The van der Waals surface area contributed by atoms with Crippen LogP contribution in [-0.2, 0) is 4.74 Å². The lowest BCUT2D eigenvalue weighted by molar-refractivity contribution is -0.0954. The lowest BCUT2D eigenvalue weighted by Crippen LogP contribution is -2.44. The summed E-state index contributed by atoms with van der Waals surface area (Å²) in [6.45, 7) is 0.891. The minimum absolute atomic E-state index is 0.0868. The van der Waals surface area contributed by atoms with Gasteiger partial charge >= 0.3 is 0 Å². The first-order valence-electron chi connectivity index (χ1n) is 6.88. The molecule has 0 aromatic carbocycles. The summed E-state index contributed by atoms with van der Waals surface area (Å²) in [5.74, 6) is -0.725. The number of hydrogen-bond acceptors (Lipinski definition) is 7. The maximum absolute atomic E-state index is 11.5. The number of aliphatic hydroxyl groups is 3. The minimum Gasteiger partial charge on any atom is -0.394 e. The van der Waals surface area contributed by atoms with Crippen molar-refractivity contribution in [1.29, 1.82) is 5.41 Å². The van der Waals surface area contributed by atoms with Gasteiger partial charge in [-0.15, -0.1) is 0 Å². The van der Waals surface area contributed by atoms with Crippen LogP contribution in [0.5, 0.6) is 0 Å². The number of ether oxygens (including phenoxy) is 1. The SMILES string of the molecule is C[C@@]1(O)[C@H](O)[C@@H](CO)O[C@H]1n1cnc(=N)c2c(C(N)=O)c[nH]c21. The Morgan fingerprint density at radius 3 is 2.91 bits per heavy atom. The smallest absolute Gasteiger partial charge is 0.251 e. The summed E-state index contributed by atoms with van der Waals surface area (Å²) in [5, 5.41) is 37.9. The number of amides is 1. The number of fused-ring (bicyclic) bond motifs is 1. The fraction of sp³-hybridized carbons (Fsp3) is 0.462. The van der Waals surface area contributed by atoms with Crippen molar-refractivity contribution in [2.24, 2.45) is 5.73 Å². The third kappa shape index (κ3) is 2.15. The highest BCUT2D eigenvalue weighted by molar-refractivity contribution is 6.04. The third-order valence-corrected chi connectivity index (χ3v) is 4.12.